The monoisotopic (exact) mass is 279 g/mol. The molecule has 0 unspecified atom stereocenters. The average Bonchev–Trinajstić information content (AvgIpc) is 2.80. The Bertz CT molecular complexity index is 677. The van der Waals surface area contributed by atoms with Crippen LogP contribution < -0.4 is 4.31 Å². The van der Waals surface area contributed by atoms with Crippen LogP contribution in [0.2, 0.25) is 0 Å². The zero-order chi connectivity index (χ0) is 14.0. The maximum atomic E-state index is 12.6. The lowest BCUT2D eigenvalue weighted by molar-refractivity contribution is 0.588. The molecule has 0 atom stereocenters. The highest BCUT2D eigenvalue weighted by molar-refractivity contribution is 7.92. The van der Waals surface area contributed by atoms with Gasteiger partial charge in [0.1, 0.15) is 5.82 Å². The van der Waals surface area contributed by atoms with Crippen molar-refractivity contribution in [3.8, 4) is 0 Å². The molecule has 0 aliphatic carbocycles. The minimum Gasteiger partial charge on any atom is -0.332 e. The van der Waals surface area contributed by atoms with Crippen LogP contribution in [0.4, 0.5) is 5.69 Å². The molecular weight excluding hydrogens is 262 g/mol. The van der Waals surface area contributed by atoms with Gasteiger partial charge in [0.05, 0.1) is 11.9 Å². The molecular formula is C13H17N3O2S. The van der Waals surface area contributed by atoms with Crippen molar-refractivity contribution in [2.45, 2.75) is 25.8 Å². The first kappa shape index (κ1) is 13.6. The van der Waals surface area contributed by atoms with Gasteiger partial charge in [-0.05, 0) is 32.4 Å². The fourth-order valence-electron chi connectivity index (χ4n) is 1.96. The summed E-state index contributed by atoms with van der Waals surface area (Å²) in [5.41, 5.74) is 1.61. The van der Waals surface area contributed by atoms with Crippen molar-refractivity contribution in [1.29, 1.82) is 0 Å². The highest BCUT2D eigenvalue weighted by atomic mass is 32.2. The number of anilines is 1. The Hall–Kier alpha value is -1.82. The summed E-state index contributed by atoms with van der Waals surface area (Å²) in [6.45, 7) is 5.80. The Morgan fingerprint density at radius 2 is 1.95 bits per heavy atom. The van der Waals surface area contributed by atoms with E-state index in [4.69, 9.17) is 0 Å². The molecule has 0 radical (unpaired) electrons. The molecule has 102 valence electrons. The predicted octanol–water partition coefficient (Wildman–Crippen LogP) is 2.24. The van der Waals surface area contributed by atoms with Crippen molar-refractivity contribution in [1.82, 2.24) is 9.97 Å². The van der Waals surface area contributed by atoms with Gasteiger partial charge in [-0.25, -0.2) is 4.98 Å². The van der Waals surface area contributed by atoms with E-state index in [1.54, 1.807) is 13.0 Å². The van der Waals surface area contributed by atoms with Crippen LogP contribution in [-0.2, 0) is 10.0 Å². The number of sulfonamides is 1. The van der Waals surface area contributed by atoms with Gasteiger partial charge in [0.25, 0.3) is 10.0 Å². The maximum absolute atomic E-state index is 12.6. The van der Waals surface area contributed by atoms with E-state index in [1.165, 1.54) is 10.5 Å². The lowest BCUT2D eigenvalue weighted by atomic mass is 10.2. The van der Waals surface area contributed by atoms with Gasteiger partial charge in [0.15, 0.2) is 5.03 Å². The molecule has 0 amide bonds. The summed E-state index contributed by atoms with van der Waals surface area (Å²) < 4.78 is 26.6. The zero-order valence-electron chi connectivity index (χ0n) is 11.2. The van der Waals surface area contributed by atoms with Crippen molar-refractivity contribution in [2.75, 3.05) is 10.8 Å². The summed E-state index contributed by atoms with van der Waals surface area (Å²) in [6, 6.07) is 7.42. The first-order valence-corrected chi connectivity index (χ1v) is 7.50. The molecule has 6 heteroatoms. The van der Waals surface area contributed by atoms with Crippen LogP contribution in [0.15, 0.2) is 35.5 Å². The summed E-state index contributed by atoms with van der Waals surface area (Å²) >= 11 is 0. The number of benzene rings is 1. The normalized spacial score (nSPS) is 11.5. The summed E-state index contributed by atoms with van der Waals surface area (Å²) in [5, 5.41) is 0.120. The number of aryl methyl sites for hydroxylation is 2. The fraction of sp³-hybridized carbons (Fsp3) is 0.308. The van der Waals surface area contributed by atoms with Crippen LogP contribution in [0.1, 0.15) is 18.3 Å². The number of para-hydroxylation sites is 1. The van der Waals surface area contributed by atoms with E-state index in [9.17, 15) is 8.42 Å². The Morgan fingerprint density at radius 3 is 2.47 bits per heavy atom. The molecule has 0 saturated carbocycles. The molecule has 0 aliphatic heterocycles. The molecule has 2 aromatic rings. The fourth-order valence-corrected chi connectivity index (χ4v) is 3.46. The second-order valence-corrected chi connectivity index (χ2v) is 6.12. The number of nitrogens with zero attached hydrogens (tertiary/aromatic N) is 2. The van der Waals surface area contributed by atoms with Gasteiger partial charge in [0.2, 0.25) is 0 Å². The smallest absolute Gasteiger partial charge is 0.281 e. The number of hydrogen-bond acceptors (Lipinski definition) is 3. The number of rotatable bonds is 4. The van der Waals surface area contributed by atoms with Gasteiger partial charge < -0.3 is 4.98 Å². The van der Waals surface area contributed by atoms with Gasteiger partial charge in [-0.1, -0.05) is 18.2 Å². The molecule has 0 aliphatic rings. The molecule has 0 fully saturated rings. The molecule has 1 heterocycles. The SMILES string of the molecule is CCN(c1ccccc1C)S(=O)(=O)c1cnc(C)[nH]1. The predicted molar refractivity (Wildman–Crippen MR) is 74.7 cm³/mol. The molecule has 2 rings (SSSR count). The standard InChI is InChI=1S/C13H17N3O2S/c1-4-16(12-8-6-5-7-10(12)2)19(17,18)13-9-14-11(3)15-13/h5-9H,4H2,1-3H3,(H,14,15). The lowest BCUT2D eigenvalue weighted by Crippen LogP contribution is -2.31. The number of hydrogen-bond donors (Lipinski definition) is 1. The van der Waals surface area contributed by atoms with E-state index in [0.29, 0.717) is 18.1 Å². The molecule has 0 bridgehead atoms. The third-order valence-corrected chi connectivity index (χ3v) is 4.72. The van der Waals surface area contributed by atoms with Crippen molar-refractivity contribution >= 4 is 15.7 Å². The maximum Gasteiger partial charge on any atom is 0.281 e. The summed E-state index contributed by atoms with van der Waals surface area (Å²) in [6.07, 6.45) is 1.35. The number of aromatic amines is 1. The Morgan fingerprint density at radius 1 is 1.26 bits per heavy atom. The van der Waals surface area contributed by atoms with E-state index in [0.717, 1.165) is 5.56 Å². The number of aromatic nitrogens is 2. The third kappa shape index (κ3) is 2.49. The van der Waals surface area contributed by atoms with Crippen LogP contribution in [0, 0.1) is 13.8 Å². The minimum atomic E-state index is -3.59. The van der Waals surface area contributed by atoms with E-state index >= 15 is 0 Å². The van der Waals surface area contributed by atoms with E-state index in [-0.39, 0.29) is 5.03 Å². The van der Waals surface area contributed by atoms with E-state index < -0.39 is 10.0 Å². The molecule has 19 heavy (non-hydrogen) atoms. The second-order valence-electron chi connectivity index (χ2n) is 4.29. The van der Waals surface area contributed by atoms with Crippen molar-refractivity contribution < 1.29 is 8.42 Å². The van der Waals surface area contributed by atoms with Crippen LogP contribution in [0.25, 0.3) is 0 Å². The van der Waals surface area contributed by atoms with Crippen LogP contribution in [0.3, 0.4) is 0 Å². The van der Waals surface area contributed by atoms with Crippen molar-refractivity contribution in [3.63, 3.8) is 0 Å². The lowest BCUT2D eigenvalue weighted by Gasteiger charge is -2.23. The molecule has 1 aromatic carbocycles. The van der Waals surface area contributed by atoms with Gasteiger partial charge >= 0.3 is 0 Å². The van der Waals surface area contributed by atoms with Crippen molar-refractivity contribution in [2.24, 2.45) is 0 Å². The van der Waals surface area contributed by atoms with E-state index in [1.807, 2.05) is 32.0 Å². The summed E-state index contributed by atoms with van der Waals surface area (Å²) in [4.78, 5) is 6.73. The highest BCUT2D eigenvalue weighted by Gasteiger charge is 2.26. The topological polar surface area (TPSA) is 66.1 Å². The van der Waals surface area contributed by atoms with Crippen LogP contribution in [0.5, 0.6) is 0 Å². The first-order valence-electron chi connectivity index (χ1n) is 6.06. The molecule has 5 nitrogen and oxygen atoms in total. The summed E-state index contributed by atoms with van der Waals surface area (Å²) in [7, 11) is -3.59. The number of imidazole rings is 1. The quantitative estimate of drug-likeness (QED) is 0.933. The Kier molecular flexibility index (Phi) is 3.61. The number of nitrogens with one attached hydrogen (secondary N) is 1. The number of H-pyrrole nitrogens is 1. The summed E-state index contributed by atoms with van der Waals surface area (Å²) in [5.74, 6) is 0.583. The zero-order valence-corrected chi connectivity index (χ0v) is 12.0. The van der Waals surface area contributed by atoms with Crippen molar-refractivity contribution in [3.05, 3.63) is 41.9 Å². The van der Waals surface area contributed by atoms with E-state index in [2.05, 4.69) is 9.97 Å². The third-order valence-electron chi connectivity index (χ3n) is 2.92. The van der Waals surface area contributed by atoms with Crippen LogP contribution in [-0.4, -0.2) is 24.9 Å². The molecule has 0 spiro atoms. The van der Waals surface area contributed by atoms with Gasteiger partial charge in [0, 0.05) is 6.54 Å². The Labute approximate surface area is 113 Å². The average molecular weight is 279 g/mol. The highest BCUT2D eigenvalue weighted by Crippen LogP contribution is 2.25. The first-order chi connectivity index (χ1) is 8.96. The molecule has 1 N–H and O–H groups in total. The largest absolute Gasteiger partial charge is 0.332 e. The second kappa shape index (κ2) is 5.05. The van der Waals surface area contributed by atoms with Gasteiger partial charge in [-0.3, -0.25) is 4.31 Å². The van der Waals surface area contributed by atoms with Gasteiger partial charge in [-0.15, -0.1) is 0 Å². The minimum absolute atomic E-state index is 0.120. The van der Waals surface area contributed by atoms with Crippen LogP contribution >= 0.6 is 0 Å². The molecule has 1 aromatic heterocycles. The molecule has 0 saturated heterocycles. The van der Waals surface area contributed by atoms with Gasteiger partial charge in [-0.2, -0.15) is 8.42 Å². The Balaban J connectivity index is 2.51.